The molecule has 2 aromatic carbocycles. The number of nitrogens with one attached hydrogen (secondary N) is 2. The van der Waals surface area contributed by atoms with Crippen LogP contribution in [0.15, 0.2) is 42.5 Å². The van der Waals surface area contributed by atoms with Crippen LogP contribution in [-0.4, -0.2) is 13.1 Å². The molecule has 0 radical (unpaired) electrons. The maximum Gasteiger partial charge on any atom is 0.0842 e. The third kappa shape index (κ3) is 1.52. The van der Waals surface area contributed by atoms with Gasteiger partial charge in [0.2, 0.25) is 0 Å². The van der Waals surface area contributed by atoms with Crippen LogP contribution in [0.25, 0.3) is 10.8 Å². The van der Waals surface area contributed by atoms with Crippen molar-refractivity contribution in [3.05, 3.63) is 48.0 Å². The Morgan fingerprint density at radius 2 is 1.60 bits per heavy atom. The minimum absolute atomic E-state index is 0.316. The molecule has 0 amide bonds. The summed E-state index contributed by atoms with van der Waals surface area (Å²) in [6.07, 6.45) is 0.316. The first-order valence-corrected chi connectivity index (χ1v) is 5.39. The molecule has 1 heterocycles. The molecule has 3 rings (SSSR count). The minimum atomic E-state index is 0.316. The molecule has 2 nitrogen and oxygen atoms in total. The lowest BCUT2D eigenvalue weighted by Gasteiger charge is -2.13. The molecule has 0 bridgehead atoms. The van der Waals surface area contributed by atoms with Crippen molar-refractivity contribution in [3.63, 3.8) is 0 Å². The van der Waals surface area contributed by atoms with Crippen molar-refractivity contribution in [1.29, 1.82) is 0 Å². The summed E-state index contributed by atoms with van der Waals surface area (Å²) in [4.78, 5) is 0. The quantitative estimate of drug-likeness (QED) is 0.732. The standard InChI is InChI=1S/C13H14N2/c1-2-6-11-10(4-1)5-3-7-12(11)13-14-8-9-15-13/h1-7,13-15H,8-9H2. The largest absolute Gasteiger partial charge is 0.297 e. The van der Waals surface area contributed by atoms with Crippen LogP contribution in [-0.2, 0) is 0 Å². The van der Waals surface area contributed by atoms with Crippen molar-refractivity contribution in [1.82, 2.24) is 10.6 Å². The van der Waals surface area contributed by atoms with Gasteiger partial charge in [-0.3, -0.25) is 10.6 Å². The van der Waals surface area contributed by atoms with E-state index in [2.05, 4.69) is 53.1 Å². The van der Waals surface area contributed by atoms with E-state index in [0.717, 1.165) is 13.1 Å². The van der Waals surface area contributed by atoms with Gasteiger partial charge in [0.25, 0.3) is 0 Å². The third-order valence-electron chi connectivity index (χ3n) is 2.96. The van der Waals surface area contributed by atoms with E-state index in [1.165, 1.54) is 16.3 Å². The average Bonchev–Trinajstić information content (AvgIpc) is 2.82. The zero-order chi connectivity index (χ0) is 10.1. The van der Waals surface area contributed by atoms with Gasteiger partial charge in [-0.15, -0.1) is 0 Å². The second-order valence-electron chi connectivity index (χ2n) is 3.91. The molecule has 76 valence electrons. The molecule has 1 fully saturated rings. The molecule has 0 aliphatic carbocycles. The van der Waals surface area contributed by atoms with Gasteiger partial charge in [0, 0.05) is 13.1 Å². The van der Waals surface area contributed by atoms with E-state index in [-0.39, 0.29) is 0 Å². The van der Waals surface area contributed by atoms with Gasteiger partial charge in [0.05, 0.1) is 6.17 Å². The maximum absolute atomic E-state index is 3.45. The van der Waals surface area contributed by atoms with Crippen LogP contribution < -0.4 is 10.6 Å². The summed E-state index contributed by atoms with van der Waals surface area (Å²) in [6.45, 7) is 2.10. The number of hydrogen-bond acceptors (Lipinski definition) is 2. The van der Waals surface area contributed by atoms with E-state index < -0.39 is 0 Å². The lowest BCUT2D eigenvalue weighted by atomic mass is 10.0. The first-order chi connectivity index (χ1) is 7.45. The van der Waals surface area contributed by atoms with Gasteiger partial charge >= 0.3 is 0 Å². The van der Waals surface area contributed by atoms with Crippen LogP contribution in [0, 0.1) is 0 Å². The number of benzene rings is 2. The summed E-state index contributed by atoms with van der Waals surface area (Å²) in [5.41, 5.74) is 1.35. The maximum atomic E-state index is 3.45. The Kier molecular flexibility index (Phi) is 2.16. The fourth-order valence-corrected chi connectivity index (χ4v) is 2.23. The van der Waals surface area contributed by atoms with E-state index >= 15 is 0 Å². The van der Waals surface area contributed by atoms with Gasteiger partial charge in [-0.05, 0) is 16.3 Å². The smallest absolute Gasteiger partial charge is 0.0842 e. The fourth-order valence-electron chi connectivity index (χ4n) is 2.23. The lowest BCUT2D eigenvalue weighted by Crippen LogP contribution is -2.21. The summed E-state index contributed by atoms with van der Waals surface area (Å²) in [5, 5.41) is 9.56. The van der Waals surface area contributed by atoms with Crippen LogP contribution in [0.4, 0.5) is 0 Å². The van der Waals surface area contributed by atoms with Crippen molar-refractivity contribution in [2.45, 2.75) is 6.17 Å². The average molecular weight is 198 g/mol. The van der Waals surface area contributed by atoms with Crippen LogP contribution >= 0.6 is 0 Å². The van der Waals surface area contributed by atoms with Crippen LogP contribution in [0.5, 0.6) is 0 Å². The summed E-state index contributed by atoms with van der Waals surface area (Å²) >= 11 is 0. The zero-order valence-corrected chi connectivity index (χ0v) is 8.53. The number of rotatable bonds is 1. The summed E-state index contributed by atoms with van der Waals surface area (Å²) in [5.74, 6) is 0. The van der Waals surface area contributed by atoms with Gasteiger partial charge in [-0.25, -0.2) is 0 Å². The second-order valence-corrected chi connectivity index (χ2v) is 3.91. The molecular formula is C13H14N2. The van der Waals surface area contributed by atoms with Crippen molar-refractivity contribution in [2.75, 3.05) is 13.1 Å². The van der Waals surface area contributed by atoms with E-state index in [0.29, 0.717) is 6.17 Å². The van der Waals surface area contributed by atoms with E-state index in [4.69, 9.17) is 0 Å². The Labute approximate surface area is 89.3 Å². The SMILES string of the molecule is c1ccc2c(C3NCCN3)cccc2c1. The third-order valence-corrected chi connectivity index (χ3v) is 2.96. The first kappa shape index (κ1) is 8.89. The van der Waals surface area contributed by atoms with Gasteiger partial charge in [-0.2, -0.15) is 0 Å². The Morgan fingerprint density at radius 1 is 0.867 bits per heavy atom. The Morgan fingerprint density at radius 3 is 2.47 bits per heavy atom. The highest BCUT2D eigenvalue weighted by atomic mass is 15.2. The van der Waals surface area contributed by atoms with E-state index in [1.807, 2.05) is 0 Å². The Balaban J connectivity index is 2.16. The normalized spacial score (nSPS) is 17.3. The van der Waals surface area contributed by atoms with Crippen molar-refractivity contribution in [2.24, 2.45) is 0 Å². The van der Waals surface area contributed by atoms with Gasteiger partial charge < -0.3 is 0 Å². The van der Waals surface area contributed by atoms with Crippen molar-refractivity contribution < 1.29 is 0 Å². The molecule has 0 spiro atoms. The zero-order valence-electron chi connectivity index (χ0n) is 8.53. The molecule has 2 heteroatoms. The molecule has 1 saturated heterocycles. The van der Waals surface area contributed by atoms with Crippen LogP contribution in [0.1, 0.15) is 11.7 Å². The highest BCUT2D eigenvalue weighted by Gasteiger charge is 2.16. The molecule has 0 atom stereocenters. The molecule has 1 aliphatic heterocycles. The number of fused-ring (bicyclic) bond motifs is 1. The molecule has 1 aliphatic rings. The van der Waals surface area contributed by atoms with E-state index in [1.54, 1.807) is 0 Å². The minimum Gasteiger partial charge on any atom is -0.297 e. The first-order valence-electron chi connectivity index (χ1n) is 5.39. The Bertz CT molecular complexity index is 467. The highest BCUT2D eigenvalue weighted by molar-refractivity contribution is 5.86. The monoisotopic (exact) mass is 198 g/mol. The van der Waals surface area contributed by atoms with Crippen molar-refractivity contribution >= 4 is 10.8 Å². The molecule has 2 N–H and O–H groups in total. The molecule has 15 heavy (non-hydrogen) atoms. The van der Waals surface area contributed by atoms with Crippen LogP contribution in [0.2, 0.25) is 0 Å². The topological polar surface area (TPSA) is 24.1 Å². The van der Waals surface area contributed by atoms with Gasteiger partial charge in [-0.1, -0.05) is 42.5 Å². The summed E-state index contributed by atoms with van der Waals surface area (Å²) in [6, 6.07) is 15.0. The van der Waals surface area contributed by atoms with Crippen molar-refractivity contribution in [3.8, 4) is 0 Å². The fraction of sp³-hybridized carbons (Fsp3) is 0.231. The van der Waals surface area contributed by atoms with E-state index in [9.17, 15) is 0 Å². The van der Waals surface area contributed by atoms with Crippen LogP contribution in [0.3, 0.4) is 0 Å². The molecule has 0 saturated carbocycles. The predicted molar refractivity (Wildman–Crippen MR) is 62.7 cm³/mol. The summed E-state index contributed by atoms with van der Waals surface area (Å²) in [7, 11) is 0. The number of hydrogen-bond donors (Lipinski definition) is 2. The molecule has 0 unspecified atom stereocenters. The second kappa shape index (κ2) is 3.65. The predicted octanol–water partition coefficient (Wildman–Crippen LogP) is 2.03. The molecular weight excluding hydrogens is 184 g/mol. The highest BCUT2D eigenvalue weighted by Crippen LogP contribution is 2.23. The molecule has 2 aromatic rings. The lowest BCUT2D eigenvalue weighted by molar-refractivity contribution is 0.593. The van der Waals surface area contributed by atoms with Gasteiger partial charge in [0.1, 0.15) is 0 Å². The van der Waals surface area contributed by atoms with Gasteiger partial charge in [0.15, 0.2) is 0 Å². The Hall–Kier alpha value is -1.38. The summed E-state index contributed by atoms with van der Waals surface area (Å²) < 4.78 is 0. The molecule has 0 aromatic heterocycles.